The van der Waals surface area contributed by atoms with Crippen LogP contribution in [0, 0.1) is 0 Å². The summed E-state index contributed by atoms with van der Waals surface area (Å²) in [5.41, 5.74) is 1.69. The molecule has 2 aromatic carbocycles. The van der Waals surface area contributed by atoms with E-state index in [0.717, 1.165) is 36.1 Å². The van der Waals surface area contributed by atoms with Crippen LogP contribution >= 0.6 is 0 Å². The normalized spacial score (nSPS) is 16.0. The molecule has 0 aromatic heterocycles. The number of benzene rings is 2. The number of unbranched alkanes of at least 4 members (excludes halogenated alkanes) is 2. The predicted molar refractivity (Wildman–Crippen MR) is 133 cm³/mol. The van der Waals surface area contributed by atoms with E-state index in [2.05, 4.69) is 6.92 Å². The lowest BCUT2D eigenvalue weighted by Gasteiger charge is -2.26. The Hall–Kier alpha value is -3.38. The molecule has 180 valence electrons. The highest BCUT2D eigenvalue weighted by atomic mass is 16.5. The first-order chi connectivity index (χ1) is 16.6. The fourth-order valence-corrected chi connectivity index (χ4v) is 3.98. The van der Waals surface area contributed by atoms with Crippen LogP contribution in [0.4, 0.5) is 0 Å². The Balaban J connectivity index is 1.85. The smallest absolute Gasteiger partial charge is 0.290 e. The number of carbonyl (C=O) groups excluding carboxylic acids is 2. The van der Waals surface area contributed by atoms with Crippen molar-refractivity contribution in [3.63, 3.8) is 0 Å². The first kappa shape index (κ1) is 25.2. The first-order valence-corrected chi connectivity index (χ1v) is 11.8. The molecule has 1 aliphatic heterocycles. The van der Waals surface area contributed by atoms with Crippen molar-refractivity contribution in [2.24, 2.45) is 0 Å². The van der Waals surface area contributed by atoms with Gasteiger partial charge in [-0.2, -0.15) is 0 Å². The fraction of sp³-hybridized carbons (Fsp3) is 0.357. The topological polar surface area (TPSA) is 76.1 Å². The molecule has 6 nitrogen and oxygen atoms in total. The Morgan fingerprint density at radius 2 is 1.76 bits per heavy atom. The van der Waals surface area contributed by atoms with E-state index >= 15 is 0 Å². The van der Waals surface area contributed by atoms with Gasteiger partial charge in [0.15, 0.2) is 11.5 Å². The van der Waals surface area contributed by atoms with Crippen LogP contribution in [0.15, 0.2) is 72.0 Å². The summed E-state index contributed by atoms with van der Waals surface area (Å²) in [7, 11) is 1.60. The van der Waals surface area contributed by atoms with Gasteiger partial charge >= 0.3 is 0 Å². The van der Waals surface area contributed by atoms with Crippen molar-refractivity contribution in [1.82, 2.24) is 4.90 Å². The Morgan fingerprint density at radius 1 is 1.03 bits per heavy atom. The van der Waals surface area contributed by atoms with Gasteiger partial charge in [0.1, 0.15) is 5.75 Å². The molecule has 0 bridgehead atoms. The highest BCUT2D eigenvalue weighted by molar-refractivity contribution is 6.14. The third-order valence-corrected chi connectivity index (χ3v) is 5.76. The number of ether oxygens (including phenoxy) is 2. The second kappa shape index (κ2) is 12.8. The zero-order valence-electron chi connectivity index (χ0n) is 19.9. The summed E-state index contributed by atoms with van der Waals surface area (Å²) >= 11 is 0. The predicted octanol–water partition coefficient (Wildman–Crippen LogP) is 5.27. The number of rotatable bonds is 13. The van der Waals surface area contributed by atoms with Gasteiger partial charge in [-0.15, -0.1) is 0 Å². The Bertz CT molecular complexity index is 1010. The standard InChI is InChI=1S/C28H33NO5/c1-3-4-8-20-34-23-15-13-22(14-16-23)26-25(24(30)17-12-21-10-6-5-7-11-21)27(31)28(32)29(26)18-9-19-33-2/h5-7,10-17,26,31H,3-4,8-9,18-20H2,1-2H3/b17-12+. The number of nitrogens with zero attached hydrogens (tertiary/aromatic N) is 1. The summed E-state index contributed by atoms with van der Waals surface area (Å²) in [4.78, 5) is 27.6. The molecular weight excluding hydrogens is 430 g/mol. The van der Waals surface area contributed by atoms with Crippen LogP contribution in [-0.4, -0.2) is 48.6 Å². The van der Waals surface area contributed by atoms with E-state index in [1.165, 1.54) is 11.0 Å². The number of allylic oxidation sites excluding steroid dienone is 1. The molecule has 3 rings (SSSR count). The lowest BCUT2D eigenvalue weighted by Crippen LogP contribution is -2.32. The minimum absolute atomic E-state index is 0.0891. The number of aliphatic hydroxyl groups excluding tert-OH is 1. The molecule has 0 saturated carbocycles. The number of hydrogen-bond acceptors (Lipinski definition) is 5. The number of aliphatic hydroxyl groups is 1. The van der Waals surface area contributed by atoms with Gasteiger partial charge in [0.25, 0.3) is 5.91 Å². The quantitative estimate of drug-likeness (QED) is 0.323. The van der Waals surface area contributed by atoms with Crippen molar-refractivity contribution in [1.29, 1.82) is 0 Å². The molecular formula is C28H33NO5. The third kappa shape index (κ3) is 6.35. The average molecular weight is 464 g/mol. The summed E-state index contributed by atoms with van der Waals surface area (Å²) in [5.74, 6) is -0.698. The van der Waals surface area contributed by atoms with Gasteiger partial charge in [-0.05, 0) is 42.2 Å². The fourth-order valence-electron chi connectivity index (χ4n) is 3.98. The van der Waals surface area contributed by atoms with Crippen molar-refractivity contribution in [3.05, 3.63) is 83.1 Å². The van der Waals surface area contributed by atoms with E-state index in [1.807, 2.05) is 54.6 Å². The van der Waals surface area contributed by atoms with Crippen LogP contribution in [-0.2, 0) is 14.3 Å². The molecule has 1 atom stereocenters. The summed E-state index contributed by atoms with van der Waals surface area (Å²) < 4.78 is 10.9. The SMILES string of the molecule is CCCCCOc1ccc(C2C(C(=O)/C=C/c3ccccc3)=C(O)C(=O)N2CCCOC)cc1. The molecule has 1 amide bonds. The maximum Gasteiger partial charge on any atom is 0.290 e. The van der Waals surface area contributed by atoms with Gasteiger partial charge < -0.3 is 19.5 Å². The first-order valence-electron chi connectivity index (χ1n) is 11.8. The molecule has 1 unspecified atom stereocenters. The summed E-state index contributed by atoms with van der Waals surface area (Å²) in [6.07, 6.45) is 6.92. The molecule has 6 heteroatoms. The van der Waals surface area contributed by atoms with E-state index in [-0.39, 0.29) is 5.57 Å². The van der Waals surface area contributed by atoms with E-state index in [9.17, 15) is 14.7 Å². The number of ketones is 1. The average Bonchev–Trinajstić information content (AvgIpc) is 3.11. The van der Waals surface area contributed by atoms with Gasteiger partial charge in [-0.1, -0.05) is 68.3 Å². The van der Waals surface area contributed by atoms with Gasteiger partial charge in [-0.25, -0.2) is 0 Å². The zero-order chi connectivity index (χ0) is 24.3. The molecule has 0 radical (unpaired) electrons. The Morgan fingerprint density at radius 3 is 2.44 bits per heavy atom. The van der Waals surface area contributed by atoms with Crippen molar-refractivity contribution in [2.45, 2.75) is 38.6 Å². The second-order valence-corrected chi connectivity index (χ2v) is 8.24. The van der Waals surface area contributed by atoms with Gasteiger partial charge in [0.2, 0.25) is 0 Å². The third-order valence-electron chi connectivity index (χ3n) is 5.76. The molecule has 0 fully saturated rings. The summed E-state index contributed by atoms with van der Waals surface area (Å²) in [5, 5.41) is 10.7. The number of hydrogen-bond donors (Lipinski definition) is 1. The van der Waals surface area contributed by atoms with E-state index in [4.69, 9.17) is 9.47 Å². The highest BCUT2D eigenvalue weighted by Crippen LogP contribution is 2.38. The number of methoxy groups -OCH3 is 1. The van der Waals surface area contributed by atoms with E-state index in [1.54, 1.807) is 13.2 Å². The molecule has 2 aromatic rings. The van der Waals surface area contributed by atoms with Gasteiger partial charge in [0.05, 0.1) is 18.2 Å². The zero-order valence-corrected chi connectivity index (χ0v) is 19.9. The van der Waals surface area contributed by atoms with Crippen LogP contribution < -0.4 is 4.74 Å². The second-order valence-electron chi connectivity index (χ2n) is 8.24. The minimum atomic E-state index is -0.675. The van der Waals surface area contributed by atoms with Crippen molar-refractivity contribution in [2.75, 3.05) is 26.9 Å². The maximum atomic E-state index is 13.2. The number of carbonyl (C=O) groups is 2. The van der Waals surface area contributed by atoms with Crippen molar-refractivity contribution in [3.8, 4) is 5.75 Å². The van der Waals surface area contributed by atoms with Gasteiger partial charge in [0, 0.05) is 20.3 Å². The molecule has 1 N–H and O–H groups in total. The lowest BCUT2D eigenvalue weighted by atomic mass is 9.95. The van der Waals surface area contributed by atoms with Crippen LogP contribution in [0.5, 0.6) is 5.75 Å². The van der Waals surface area contributed by atoms with Crippen LogP contribution in [0.2, 0.25) is 0 Å². The van der Waals surface area contributed by atoms with Crippen LogP contribution in [0.25, 0.3) is 6.08 Å². The Kier molecular flexibility index (Phi) is 9.47. The summed E-state index contributed by atoms with van der Waals surface area (Å²) in [6, 6.07) is 16.1. The molecule has 0 saturated heterocycles. The van der Waals surface area contributed by atoms with Crippen molar-refractivity contribution < 1.29 is 24.2 Å². The van der Waals surface area contributed by atoms with E-state index < -0.39 is 23.5 Å². The minimum Gasteiger partial charge on any atom is -0.503 e. The highest BCUT2D eigenvalue weighted by Gasteiger charge is 2.42. The molecule has 0 spiro atoms. The number of amides is 1. The molecule has 1 heterocycles. The maximum absolute atomic E-state index is 13.2. The molecule has 34 heavy (non-hydrogen) atoms. The van der Waals surface area contributed by atoms with Gasteiger partial charge in [-0.3, -0.25) is 9.59 Å². The van der Waals surface area contributed by atoms with Crippen molar-refractivity contribution >= 4 is 17.8 Å². The molecule has 0 aliphatic carbocycles. The monoisotopic (exact) mass is 463 g/mol. The largest absolute Gasteiger partial charge is 0.503 e. The molecule has 1 aliphatic rings. The van der Waals surface area contributed by atoms with E-state index in [0.29, 0.717) is 26.2 Å². The van der Waals surface area contributed by atoms with Crippen LogP contribution in [0.3, 0.4) is 0 Å². The Labute approximate surface area is 201 Å². The lowest BCUT2D eigenvalue weighted by molar-refractivity contribution is -0.129. The van der Waals surface area contributed by atoms with Crippen LogP contribution in [0.1, 0.15) is 49.8 Å². The summed E-state index contributed by atoms with van der Waals surface area (Å²) in [6.45, 7) is 3.62.